The predicted octanol–water partition coefficient (Wildman–Crippen LogP) is 15.8. The fourth-order valence-electron chi connectivity index (χ4n) is 9.60. The second-order valence-corrected chi connectivity index (χ2v) is 16.1. The van der Waals surface area contributed by atoms with Gasteiger partial charge in [-0.05, 0) is 118 Å². The van der Waals surface area contributed by atoms with E-state index < -0.39 is 0 Å². The average molecular weight is 727 g/mol. The van der Waals surface area contributed by atoms with Crippen molar-refractivity contribution in [3.8, 4) is 55.6 Å². The summed E-state index contributed by atoms with van der Waals surface area (Å²) < 4.78 is 2.69. The normalized spacial score (nSPS) is 12.2. The third-order valence-electron chi connectivity index (χ3n) is 12.1. The highest BCUT2D eigenvalue weighted by atomic mass is 32.1. The Labute approximate surface area is 329 Å². The fraction of sp³-hybridized carbons (Fsp3) is 0.0182. The molecule has 0 unspecified atom stereocenters. The van der Waals surface area contributed by atoms with Crippen LogP contribution in [0.3, 0.4) is 0 Å². The maximum absolute atomic E-state index is 2.44. The standard InChI is InChI=1S/C55H34S/c1-2-13-34(14-3-1)40-23-11-27-49-50-28-12-24-41(55(50)56-54(40)49)36-16-8-15-35(31-36)38-21-9-25-46-47-26-10-22-39(53(47)33-52(38)46)37-29-30-48-44-19-5-4-17-42(44)43-18-6-7-20-45(43)51(48)32-37/h1-32H,33H2. The third-order valence-corrected chi connectivity index (χ3v) is 13.4. The van der Waals surface area contributed by atoms with Crippen LogP contribution in [-0.2, 0) is 6.42 Å². The summed E-state index contributed by atoms with van der Waals surface area (Å²) in [6.07, 6.45) is 0.909. The highest BCUT2D eigenvalue weighted by Crippen LogP contribution is 2.48. The van der Waals surface area contributed by atoms with E-state index in [1.54, 1.807) is 0 Å². The van der Waals surface area contributed by atoms with Crippen molar-refractivity contribution in [1.29, 1.82) is 0 Å². The number of rotatable bonds is 4. The van der Waals surface area contributed by atoms with Gasteiger partial charge >= 0.3 is 0 Å². The molecule has 1 heterocycles. The van der Waals surface area contributed by atoms with Crippen molar-refractivity contribution in [2.24, 2.45) is 0 Å². The molecule has 12 rings (SSSR count). The summed E-state index contributed by atoms with van der Waals surface area (Å²) in [5.41, 5.74) is 15.8. The van der Waals surface area contributed by atoms with Gasteiger partial charge in [-0.1, -0.05) is 182 Å². The molecule has 1 heteroatoms. The van der Waals surface area contributed by atoms with Crippen LogP contribution in [0.25, 0.3) is 108 Å². The van der Waals surface area contributed by atoms with Crippen LogP contribution >= 0.6 is 11.3 Å². The van der Waals surface area contributed by atoms with Crippen molar-refractivity contribution in [3.63, 3.8) is 0 Å². The van der Waals surface area contributed by atoms with Gasteiger partial charge in [-0.15, -0.1) is 11.3 Å². The van der Waals surface area contributed by atoms with Crippen LogP contribution in [0, 0.1) is 0 Å². The maximum Gasteiger partial charge on any atom is 0.0434 e. The summed E-state index contributed by atoms with van der Waals surface area (Å²) in [4.78, 5) is 0. The quantitative estimate of drug-likeness (QED) is 0.158. The lowest BCUT2D eigenvalue weighted by Gasteiger charge is -2.14. The summed E-state index contributed by atoms with van der Waals surface area (Å²) in [6.45, 7) is 0. The van der Waals surface area contributed by atoms with Crippen molar-refractivity contribution >= 4 is 63.8 Å². The molecule has 11 aromatic rings. The zero-order valence-electron chi connectivity index (χ0n) is 30.6. The predicted molar refractivity (Wildman–Crippen MR) is 242 cm³/mol. The molecule has 56 heavy (non-hydrogen) atoms. The van der Waals surface area contributed by atoms with E-state index in [-0.39, 0.29) is 0 Å². The minimum atomic E-state index is 0.909. The van der Waals surface area contributed by atoms with Gasteiger partial charge in [0.15, 0.2) is 0 Å². The molecule has 10 aromatic carbocycles. The Balaban J connectivity index is 0.961. The van der Waals surface area contributed by atoms with Gasteiger partial charge in [0.25, 0.3) is 0 Å². The number of benzene rings is 10. The molecule has 1 aliphatic carbocycles. The number of thiophene rings is 1. The van der Waals surface area contributed by atoms with E-state index in [9.17, 15) is 0 Å². The van der Waals surface area contributed by atoms with Crippen molar-refractivity contribution in [2.45, 2.75) is 6.42 Å². The largest absolute Gasteiger partial charge is 0.134 e. The minimum Gasteiger partial charge on any atom is -0.134 e. The fourth-order valence-corrected chi connectivity index (χ4v) is 11.0. The van der Waals surface area contributed by atoms with E-state index in [2.05, 4.69) is 194 Å². The smallest absolute Gasteiger partial charge is 0.0434 e. The molecule has 0 bridgehead atoms. The molecule has 0 N–H and O–H groups in total. The van der Waals surface area contributed by atoms with Crippen molar-refractivity contribution < 1.29 is 0 Å². The monoisotopic (exact) mass is 726 g/mol. The van der Waals surface area contributed by atoms with E-state index in [0.717, 1.165) is 6.42 Å². The van der Waals surface area contributed by atoms with Gasteiger partial charge in [-0.3, -0.25) is 0 Å². The Hall–Kier alpha value is -6.80. The molecule has 0 nitrogen and oxygen atoms in total. The summed E-state index contributed by atoms with van der Waals surface area (Å²) in [7, 11) is 0. The molecule has 0 aliphatic heterocycles. The van der Waals surface area contributed by atoms with Gasteiger partial charge in [0.05, 0.1) is 0 Å². The first kappa shape index (κ1) is 31.5. The van der Waals surface area contributed by atoms with Gasteiger partial charge in [-0.2, -0.15) is 0 Å². The van der Waals surface area contributed by atoms with Crippen LogP contribution in [0.15, 0.2) is 194 Å². The first-order valence-corrected chi connectivity index (χ1v) is 20.3. The van der Waals surface area contributed by atoms with E-state index in [1.807, 2.05) is 11.3 Å². The van der Waals surface area contributed by atoms with Crippen molar-refractivity contribution in [1.82, 2.24) is 0 Å². The lowest BCUT2D eigenvalue weighted by molar-refractivity contribution is 1.26. The molecule has 260 valence electrons. The van der Waals surface area contributed by atoms with Crippen LogP contribution in [0.4, 0.5) is 0 Å². The Kier molecular flexibility index (Phi) is 6.96. The third kappa shape index (κ3) is 4.71. The number of hydrogen-bond acceptors (Lipinski definition) is 1. The van der Waals surface area contributed by atoms with Gasteiger partial charge < -0.3 is 0 Å². The summed E-state index contributed by atoms with van der Waals surface area (Å²) >= 11 is 1.92. The molecule has 1 aromatic heterocycles. The second-order valence-electron chi connectivity index (χ2n) is 15.1. The number of fused-ring (bicyclic) bond motifs is 12. The van der Waals surface area contributed by atoms with Crippen LogP contribution in [0.1, 0.15) is 11.1 Å². The Bertz CT molecular complexity index is 3350. The highest BCUT2D eigenvalue weighted by Gasteiger charge is 2.25. The van der Waals surface area contributed by atoms with E-state index in [1.165, 1.54) is 119 Å². The molecular formula is C55H34S. The molecular weight excluding hydrogens is 693 g/mol. The molecule has 0 saturated heterocycles. The van der Waals surface area contributed by atoms with Gasteiger partial charge in [0.2, 0.25) is 0 Å². The highest BCUT2D eigenvalue weighted by molar-refractivity contribution is 7.26. The zero-order chi connectivity index (χ0) is 36.7. The first-order valence-electron chi connectivity index (χ1n) is 19.5. The van der Waals surface area contributed by atoms with Crippen molar-refractivity contribution in [3.05, 3.63) is 205 Å². The molecule has 0 radical (unpaired) electrons. The molecule has 1 aliphatic rings. The minimum absolute atomic E-state index is 0.909. The van der Waals surface area contributed by atoms with Crippen LogP contribution in [0.5, 0.6) is 0 Å². The van der Waals surface area contributed by atoms with E-state index in [4.69, 9.17) is 0 Å². The number of hydrogen-bond donors (Lipinski definition) is 0. The van der Waals surface area contributed by atoms with Crippen molar-refractivity contribution in [2.75, 3.05) is 0 Å². The summed E-state index contributed by atoms with van der Waals surface area (Å²) in [5.74, 6) is 0. The van der Waals surface area contributed by atoms with E-state index in [0.29, 0.717) is 0 Å². The molecule has 0 spiro atoms. The average Bonchev–Trinajstić information content (AvgIpc) is 3.86. The molecule has 0 amide bonds. The lowest BCUT2D eigenvalue weighted by atomic mass is 9.90. The van der Waals surface area contributed by atoms with Crippen LogP contribution < -0.4 is 0 Å². The maximum atomic E-state index is 2.44. The molecule has 0 saturated carbocycles. The van der Waals surface area contributed by atoms with Gasteiger partial charge in [0, 0.05) is 20.2 Å². The molecule has 0 atom stereocenters. The van der Waals surface area contributed by atoms with Crippen LogP contribution in [-0.4, -0.2) is 0 Å². The molecule has 0 fully saturated rings. The Morgan fingerprint density at radius 2 is 0.643 bits per heavy atom. The topological polar surface area (TPSA) is 0 Å². The van der Waals surface area contributed by atoms with E-state index >= 15 is 0 Å². The van der Waals surface area contributed by atoms with Gasteiger partial charge in [-0.25, -0.2) is 0 Å². The van der Waals surface area contributed by atoms with Gasteiger partial charge in [0.1, 0.15) is 0 Å². The SMILES string of the molecule is c1ccc(-c2cccc3c2sc2c(-c4cccc(-c5cccc6c5Cc5c(-c7ccc8c9ccccc9c9ccccc9c8c7)cccc5-6)c4)cccc23)cc1. The lowest BCUT2D eigenvalue weighted by Crippen LogP contribution is -1.91. The summed E-state index contributed by atoms with van der Waals surface area (Å²) in [5, 5.41) is 10.5. The van der Waals surface area contributed by atoms with Crippen LogP contribution in [0.2, 0.25) is 0 Å². The Morgan fingerprint density at radius 1 is 0.250 bits per heavy atom. The first-order chi connectivity index (χ1) is 27.8. The summed E-state index contributed by atoms with van der Waals surface area (Å²) in [6, 6.07) is 72.1. The Morgan fingerprint density at radius 3 is 1.25 bits per heavy atom. The zero-order valence-corrected chi connectivity index (χ0v) is 31.4. The second kappa shape index (κ2) is 12.4.